The molecule has 5 heteroatoms. The molecule has 0 amide bonds. The van der Waals surface area contributed by atoms with Crippen LogP contribution in [0.25, 0.3) is 0 Å². The molecule has 2 aromatic rings. The summed E-state index contributed by atoms with van der Waals surface area (Å²) in [4.78, 5) is 0.355. The number of rotatable bonds is 3. The minimum absolute atomic E-state index is 0.355. The van der Waals surface area contributed by atoms with Crippen LogP contribution in [0.5, 0.6) is 0 Å². The first-order chi connectivity index (χ1) is 8.97. The third kappa shape index (κ3) is 3.47. The summed E-state index contributed by atoms with van der Waals surface area (Å²) in [6, 6.07) is 11.5. The van der Waals surface area contributed by atoms with E-state index in [9.17, 15) is 0 Å². The largest absolute Gasteiger partial charge is 0.389 e. The number of nitrogens with two attached hydrogens (primary N) is 1. The lowest BCUT2D eigenvalue weighted by Crippen LogP contribution is -2.11. The van der Waals surface area contributed by atoms with Crippen molar-refractivity contribution in [3.8, 4) is 0 Å². The first kappa shape index (κ1) is 14.3. The maximum Gasteiger partial charge on any atom is 0.106 e. The van der Waals surface area contributed by atoms with E-state index in [1.54, 1.807) is 0 Å². The Balaban J connectivity index is 2.39. The molecule has 0 bridgehead atoms. The van der Waals surface area contributed by atoms with Gasteiger partial charge in [0.2, 0.25) is 0 Å². The van der Waals surface area contributed by atoms with Crippen molar-refractivity contribution in [3.63, 3.8) is 0 Å². The van der Waals surface area contributed by atoms with Gasteiger partial charge in [-0.3, -0.25) is 0 Å². The van der Waals surface area contributed by atoms with Crippen LogP contribution in [-0.4, -0.2) is 4.99 Å². The predicted octanol–water partition coefficient (Wildman–Crippen LogP) is 4.79. The summed E-state index contributed by atoms with van der Waals surface area (Å²) >= 11 is 14.6. The molecule has 0 aromatic heterocycles. The van der Waals surface area contributed by atoms with Crippen LogP contribution < -0.4 is 11.1 Å². The Labute approximate surface area is 131 Å². The van der Waals surface area contributed by atoms with Crippen molar-refractivity contribution in [2.45, 2.75) is 6.92 Å². The Morgan fingerprint density at radius 3 is 2.63 bits per heavy atom. The summed E-state index contributed by atoms with van der Waals surface area (Å²) in [6.07, 6.45) is 0. The second kappa shape index (κ2) is 5.90. The van der Waals surface area contributed by atoms with Gasteiger partial charge in [0, 0.05) is 26.4 Å². The third-order valence-corrected chi connectivity index (χ3v) is 3.82. The molecule has 0 fully saturated rings. The molecule has 19 heavy (non-hydrogen) atoms. The number of aryl methyl sites for hydroxylation is 1. The van der Waals surface area contributed by atoms with E-state index in [2.05, 4.69) is 21.2 Å². The van der Waals surface area contributed by atoms with Crippen LogP contribution in [0, 0.1) is 6.92 Å². The van der Waals surface area contributed by atoms with Gasteiger partial charge in [0.1, 0.15) is 4.99 Å². The fraction of sp³-hybridized carbons (Fsp3) is 0.0714. The Bertz CT molecular complexity index is 643. The fourth-order valence-electron chi connectivity index (χ4n) is 1.66. The van der Waals surface area contributed by atoms with Crippen molar-refractivity contribution >= 4 is 56.1 Å². The van der Waals surface area contributed by atoms with Gasteiger partial charge in [0.15, 0.2) is 0 Å². The minimum atomic E-state index is 0.355. The molecule has 2 nitrogen and oxygen atoms in total. The van der Waals surface area contributed by atoms with Crippen LogP contribution in [0.15, 0.2) is 40.9 Å². The summed E-state index contributed by atoms with van der Waals surface area (Å²) in [5, 5.41) is 4.00. The van der Waals surface area contributed by atoms with Crippen LogP contribution in [-0.2, 0) is 0 Å². The summed E-state index contributed by atoms with van der Waals surface area (Å²) in [6.45, 7) is 1.96. The number of halogens is 2. The van der Waals surface area contributed by atoms with E-state index in [4.69, 9.17) is 29.6 Å². The highest BCUT2D eigenvalue weighted by molar-refractivity contribution is 9.10. The van der Waals surface area contributed by atoms with Crippen molar-refractivity contribution in [2.24, 2.45) is 5.73 Å². The van der Waals surface area contributed by atoms with E-state index < -0.39 is 0 Å². The lowest BCUT2D eigenvalue weighted by molar-refractivity contribution is 1.44. The van der Waals surface area contributed by atoms with Crippen LogP contribution >= 0.6 is 39.7 Å². The maximum absolute atomic E-state index is 6.11. The van der Waals surface area contributed by atoms with Gasteiger partial charge in [-0.15, -0.1) is 0 Å². The average Bonchev–Trinajstić information content (AvgIpc) is 2.33. The first-order valence-electron chi connectivity index (χ1n) is 5.60. The quantitative estimate of drug-likeness (QED) is 0.778. The van der Waals surface area contributed by atoms with E-state index in [0.717, 1.165) is 32.0 Å². The number of hydrogen-bond donors (Lipinski definition) is 2. The summed E-state index contributed by atoms with van der Waals surface area (Å²) < 4.78 is 0.952. The number of benzene rings is 2. The molecule has 2 rings (SSSR count). The predicted molar refractivity (Wildman–Crippen MR) is 89.5 cm³/mol. The van der Waals surface area contributed by atoms with Gasteiger partial charge >= 0.3 is 0 Å². The monoisotopic (exact) mass is 354 g/mol. The topological polar surface area (TPSA) is 38.0 Å². The van der Waals surface area contributed by atoms with Crippen LogP contribution in [0.4, 0.5) is 11.4 Å². The first-order valence-corrected chi connectivity index (χ1v) is 7.18. The number of anilines is 2. The highest BCUT2D eigenvalue weighted by atomic mass is 79.9. The average molecular weight is 356 g/mol. The normalized spacial score (nSPS) is 10.3. The minimum Gasteiger partial charge on any atom is -0.389 e. The Morgan fingerprint density at radius 1 is 1.26 bits per heavy atom. The summed E-state index contributed by atoms with van der Waals surface area (Å²) in [5.74, 6) is 0. The molecule has 0 aliphatic carbocycles. The van der Waals surface area contributed by atoms with Crippen LogP contribution in [0.1, 0.15) is 11.1 Å². The molecule has 2 aromatic carbocycles. The van der Waals surface area contributed by atoms with Gasteiger partial charge in [-0.2, -0.15) is 0 Å². The smallest absolute Gasteiger partial charge is 0.106 e. The highest BCUT2D eigenvalue weighted by Crippen LogP contribution is 2.27. The van der Waals surface area contributed by atoms with Gasteiger partial charge in [0.05, 0.1) is 0 Å². The Hall–Kier alpha value is -1.10. The van der Waals surface area contributed by atoms with Crippen LogP contribution in [0.2, 0.25) is 5.02 Å². The molecule has 0 atom stereocenters. The molecule has 0 aliphatic rings. The van der Waals surface area contributed by atoms with E-state index >= 15 is 0 Å². The lowest BCUT2D eigenvalue weighted by Gasteiger charge is -2.12. The zero-order valence-corrected chi connectivity index (χ0v) is 13.4. The molecule has 0 spiro atoms. The number of thiocarbonyl (C=S) groups is 1. The zero-order chi connectivity index (χ0) is 14.0. The highest BCUT2D eigenvalue weighted by Gasteiger charge is 2.07. The second-order valence-electron chi connectivity index (χ2n) is 4.14. The van der Waals surface area contributed by atoms with E-state index in [1.165, 1.54) is 0 Å². The number of nitrogens with one attached hydrogen (secondary N) is 1. The van der Waals surface area contributed by atoms with Gasteiger partial charge in [-0.05, 0) is 42.8 Å². The lowest BCUT2D eigenvalue weighted by atomic mass is 10.1. The number of hydrogen-bond acceptors (Lipinski definition) is 2. The fourth-order valence-corrected chi connectivity index (χ4v) is 2.38. The van der Waals surface area contributed by atoms with Crippen molar-refractivity contribution in [1.29, 1.82) is 0 Å². The third-order valence-electron chi connectivity index (χ3n) is 2.70. The molecular formula is C14H12BrClN2S. The Morgan fingerprint density at radius 2 is 2.00 bits per heavy atom. The van der Waals surface area contributed by atoms with E-state index in [-0.39, 0.29) is 0 Å². The molecule has 98 valence electrons. The van der Waals surface area contributed by atoms with E-state index in [1.807, 2.05) is 43.3 Å². The van der Waals surface area contributed by atoms with Crippen molar-refractivity contribution in [2.75, 3.05) is 5.32 Å². The summed E-state index contributed by atoms with van der Waals surface area (Å²) in [5.41, 5.74) is 9.30. The summed E-state index contributed by atoms with van der Waals surface area (Å²) in [7, 11) is 0. The van der Waals surface area contributed by atoms with Crippen LogP contribution in [0.3, 0.4) is 0 Å². The standard InChI is InChI=1S/C14H12BrClN2S/c1-8-2-4-10(7-12(8)16)18-13-6-9(15)3-5-11(13)14(17)19/h2-7,18H,1H3,(H2,17,19). The van der Waals surface area contributed by atoms with Gasteiger partial charge in [0.25, 0.3) is 0 Å². The van der Waals surface area contributed by atoms with Crippen molar-refractivity contribution < 1.29 is 0 Å². The molecule has 0 aliphatic heterocycles. The van der Waals surface area contributed by atoms with Gasteiger partial charge < -0.3 is 11.1 Å². The molecule has 0 saturated carbocycles. The second-order valence-corrected chi connectivity index (χ2v) is 5.91. The molecule has 0 radical (unpaired) electrons. The Kier molecular flexibility index (Phi) is 4.45. The SMILES string of the molecule is Cc1ccc(Nc2cc(Br)ccc2C(N)=S)cc1Cl. The van der Waals surface area contributed by atoms with Crippen molar-refractivity contribution in [3.05, 3.63) is 57.0 Å². The van der Waals surface area contributed by atoms with Gasteiger partial charge in [-0.25, -0.2) is 0 Å². The van der Waals surface area contributed by atoms with Gasteiger partial charge in [-0.1, -0.05) is 45.8 Å². The molecule has 0 saturated heterocycles. The maximum atomic E-state index is 6.11. The molecule has 0 heterocycles. The molecular weight excluding hydrogens is 344 g/mol. The zero-order valence-electron chi connectivity index (χ0n) is 10.2. The van der Waals surface area contributed by atoms with E-state index in [0.29, 0.717) is 4.99 Å². The molecule has 3 N–H and O–H groups in total. The molecule has 0 unspecified atom stereocenters. The van der Waals surface area contributed by atoms with Crippen molar-refractivity contribution in [1.82, 2.24) is 0 Å².